The zero-order valence-electron chi connectivity index (χ0n) is 13.8. The number of nitrogens with zero attached hydrogens (tertiary/aromatic N) is 2. The fourth-order valence-corrected chi connectivity index (χ4v) is 3.27. The van der Waals surface area contributed by atoms with E-state index in [0.717, 1.165) is 17.5 Å². The summed E-state index contributed by atoms with van der Waals surface area (Å²) < 4.78 is 5.51. The van der Waals surface area contributed by atoms with Crippen LogP contribution < -0.4 is 9.64 Å². The predicted octanol–water partition coefficient (Wildman–Crippen LogP) is 4.23. The highest BCUT2D eigenvalue weighted by Crippen LogP contribution is 2.30. The maximum absolute atomic E-state index is 12.5. The monoisotopic (exact) mass is 366 g/mol. The number of carbonyl (C=O) groups is 2. The summed E-state index contributed by atoms with van der Waals surface area (Å²) in [6, 6.07) is 13.8. The van der Waals surface area contributed by atoms with E-state index < -0.39 is 5.97 Å². The van der Waals surface area contributed by atoms with Crippen molar-refractivity contribution in [2.75, 3.05) is 11.4 Å². The number of benzene rings is 2. The molecule has 1 fully saturated rings. The molecule has 5 nitrogen and oxygen atoms in total. The van der Waals surface area contributed by atoms with Crippen molar-refractivity contribution in [1.29, 1.82) is 0 Å². The van der Waals surface area contributed by atoms with Crippen LogP contribution in [0.15, 0.2) is 54.7 Å². The molecule has 0 bridgehead atoms. The Morgan fingerprint density at radius 2 is 1.92 bits per heavy atom. The highest BCUT2D eigenvalue weighted by Gasteiger charge is 2.22. The Bertz CT molecular complexity index is 1000. The molecule has 0 saturated carbocycles. The Kier molecular flexibility index (Phi) is 4.31. The van der Waals surface area contributed by atoms with E-state index in [2.05, 4.69) is 4.98 Å². The molecule has 0 spiro atoms. The number of ether oxygens (including phenoxy) is 1. The number of hydrogen-bond acceptors (Lipinski definition) is 4. The second-order valence-electron chi connectivity index (χ2n) is 6.03. The number of aromatic nitrogens is 1. The fourth-order valence-electron chi connectivity index (χ4n) is 3.05. The van der Waals surface area contributed by atoms with Crippen LogP contribution in [0.4, 0.5) is 5.69 Å². The molecule has 2 heterocycles. The molecule has 1 saturated heterocycles. The molecule has 0 N–H and O–H groups in total. The van der Waals surface area contributed by atoms with Gasteiger partial charge < -0.3 is 9.64 Å². The Labute approximate surface area is 155 Å². The highest BCUT2D eigenvalue weighted by molar-refractivity contribution is 6.35. The molecule has 3 aromatic rings. The van der Waals surface area contributed by atoms with Gasteiger partial charge in [-0.3, -0.25) is 9.78 Å². The second-order valence-corrected chi connectivity index (χ2v) is 6.44. The number of esters is 1. The van der Waals surface area contributed by atoms with E-state index in [4.69, 9.17) is 16.3 Å². The quantitative estimate of drug-likeness (QED) is 0.514. The first-order chi connectivity index (χ1) is 12.6. The number of anilines is 1. The van der Waals surface area contributed by atoms with Gasteiger partial charge in [-0.1, -0.05) is 11.6 Å². The molecule has 1 aromatic heterocycles. The van der Waals surface area contributed by atoms with Gasteiger partial charge in [-0.25, -0.2) is 4.79 Å². The molecular formula is C20H15ClN2O3. The molecular weight excluding hydrogens is 352 g/mol. The van der Waals surface area contributed by atoms with Gasteiger partial charge in [0.2, 0.25) is 5.91 Å². The summed E-state index contributed by atoms with van der Waals surface area (Å²) in [6.45, 7) is 0.713. The zero-order valence-corrected chi connectivity index (χ0v) is 14.6. The summed E-state index contributed by atoms with van der Waals surface area (Å²) in [5.74, 6) is -0.0218. The molecule has 1 aliphatic heterocycles. The lowest BCUT2D eigenvalue weighted by Gasteiger charge is -2.15. The van der Waals surface area contributed by atoms with Gasteiger partial charge in [0.05, 0.1) is 10.6 Å². The fraction of sp³-hybridized carbons (Fsp3) is 0.150. The van der Waals surface area contributed by atoms with Crippen LogP contribution in [0.3, 0.4) is 0 Å². The summed E-state index contributed by atoms with van der Waals surface area (Å²) in [5.41, 5.74) is 1.73. The Balaban J connectivity index is 1.57. The molecule has 2 aromatic carbocycles. The lowest BCUT2D eigenvalue weighted by Crippen LogP contribution is -2.23. The third kappa shape index (κ3) is 3.02. The molecule has 1 aliphatic rings. The number of rotatable bonds is 3. The van der Waals surface area contributed by atoms with E-state index in [1.807, 2.05) is 6.07 Å². The molecule has 0 radical (unpaired) electrons. The minimum Gasteiger partial charge on any atom is -0.421 e. The van der Waals surface area contributed by atoms with Gasteiger partial charge in [-0.15, -0.1) is 0 Å². The van der Waals surface area contributed by atoms with Crippen LogP contribution in [-0.2, 0) is 4.79 Å². The van der Waals surface area contributed by atoms with Crippen molar-refractivity contribution in [2.45, 2.75) is 12.8 Å². The average Bonchev–Trinajstić information content (AvgIpc) is 3.10. The third-order valence-corrected chi connectivity index (χ3v) is 4.70. The molecule has 0 aliphatic carbocycles. The van der Waals surface area contributed by atoms with Crippen LogP contribution in [0.1, 0.15) is 23.2 Å². The van der Waals surface area contributed by atoms with Crippen molar-refractivity contribution in [2.24, 2.45) is 0 Å². The minimum absolute atomic E-state index is 0.110. The summed E-state index contributed by atoms with van der Waals surface area (Å²) >= 11 is 6.16. The molecule has 0 atom stereocenters. The number of hydrogen-bond donors (Lipinski definition) is 0. The van der Waals surface area contributed by atoms with Crippen molar-refractivity contribution in [1.82, 2.24) is 4.98 Å². The molecule has 130 valence electrons. The first-order valence-electron chi connectivity index (χ1n) is 8.29. The van der Waals surface area contributed by atoms with E-state index in [0.29, 0.717) is 34.8 Å². The highest BCUT2D eigenvalue weighted by atomic mass is 35.5. The van der Waals surface area contributed by atoms with Crippen LogP contribution in [0.25, 0.3) is 10.9 Å². The smallest absolute Gasteiger partial charge is 0.343 e. The number of carbonyl (C=O) groups excluding carboxylic acids is 2. The first kappa shape index (κ1) is 16.5. The van der Waals surface area contributed by atoms with Gasteiger partial charge in [0.1, 0.15) is 5.52 Å². The molecule has 26 heavy (non-hydrogen) atoms. The van der Waals surface area contributed by atoms with Crippen LogP contribution in [-0.4, -0.2) is 23.4 Å². The summed E-state index contributed by atoms with van der Waals surface area (Å²) in [5, 5.41) is 1.27. The van der Waals surface area contributed by atoms with Crippen molar-refractivity contribution in [3.63, 3.8) is 0 Å². The first-order valence-corrected chi connectivity index (χ1v) is 8.67. The predicted molar refractivity (Wildman–Crippen MR) is 99.7 cm³/mol. The maximum Gasteiger partial charge on any atom is 0.343 e. The molecule has 6 heteroatoms. The van der Waals surface area contributed by atoms with Crippen LogP contribution >= 0.6 is 11.6 Å². The number of fused-ring (bicyclic) bond motifs is 1. The normalized spacial score (nSPS) is 14.0. The van der Waals surface area contributed by atoms with Crippen molar-refractivity contribution in [3.8, 4) is 5.75 Å². The van der Waals surface area contributed by atoms with Crippen molar-refractivity contribution in [3.05, 3.63) is 65.3 Å². The SMILES string of the molecule is O=C(Oc1ccc(Cl)c2cccnc12)c1ccc(N2CCCC2=O)cc1. The minimum atomic E-state index is -0.487. The van der Waals surface area contributed by atoms with Gasteiger partial charge in [-0.2, -0.15) is 0 Å². The Morgan fingerprint density at radius 3 is 2.65 bits per heavy atom. The Hall–Kier alpha value is -2.92. The summed E-state index contributed by atoms with van der Waals surface area (Å²) in [4.78, 5) is 30.3. The van der Waals surface area contributed by atoms with Crippen LogP contribution in [0.5, 0.6) is 5.75 Å². The van der Waals surface area contributed by atoms with Crippen molar-refractivity contribution < 1.29 is 14.3 Å². The lowest BCUT2D eigenvalue weighted by atomic mass is 10.2. The van der Waals surface area contributed by atoms with E-state index in [1.165, 1.54) is 0 Å². The molecule has 0 unspecified atom stereocenters. The second kappa shape index (κ2) is 6.77. The van der Waals surface area contributed by atoms with Crippen LogP contribution in [0, 0.1) is 0 Å². The number of halogens is 1. The number of pyridine rings is 1. The molecule has 1 amide bonds. The molecule has 4 rings (SSSR count). The number of amides is 1. The van der Waals surface area contributed by atoms with E-state index in [-0.39, 0.29) is 5.91 Å². The third-order valence-electron chi connectivity index (χ3n) is 4.37. The van der Waals surface area contributed by atoms with Gasteiger partial charge in [0, 0.05) is 30.2 Å². The standard InChI is InChI=1S/C20H15ClN2O3/c21-16-9-10-17(19-15(16)3-1-11-22-19)26-20(25)13-5-7-14(8-6-13)23-12-2-4-18(23)24/h1,3,5-11H,2,4,12H2. The lowest BCUT2D eigenvalue weighted by molar-refractivity contribution is -0.117. The maximum atomic E-state index is 12.5. The van der Waals surface area contributed by atoms with E-state index in [1.54, 1.807) is 53.6 Å². The summed E-state index contributed by atoms with van der Waals surface area (Å²) in [7, 11) is 0. The average molecular weight is 367 g/mol. The van der Waals surface area contributed by atoms with Gasteiger partial charge in [0.15, 0.2) is 5.75 Å². The summed E-state index contributed by atoms with van der Waals surface area (Å²) in [6.07, 6.45) is 3.05. The van der Waals surface area contributed by atoms with Crippen LogP contribution in [0.2, 0.25) is 5.02 Å². The van der Waals surface area contributed by atoms with Crippen molar-refractivity contribution >= 4 is 40.1 Å². The largest absolute Gasteiger partial charge is 0.421 e. The zero-order chi connectivity index (χ0) is 18.1. The topological polar surface area (TPSA) is 59.5 Å². The van der Waals surface area contributed by atoms with E-state index >= 15 is 0 Å². The van der Waals surface area contributed by atoms with Gasteiger partial charge in [-0.05, 0) is 55.0 Å². The van der Waals surface area contributed by atoms with Gasteiger partial charge in [0.25, 0.3) is 0 Å². The Morgan fingerprint density at radius 1 is 1.12 bits per heavy atom. The van der Waals surface area contributed by atoms with E-state index in [9.17, 15) is 9.59 Å². The van der Waals surface area contributed by atoms with Gasteiger partial charge >= 0.3 is 5.97 Å².